The van der Waals surface area contributed by atoms with Crippen molar-refractivity contribution in [3.05, 3.63) is 98.7 Å². The first-order valence-electron chi connectivity index (χ1n) is 12.7. The predicted molar refractivity (Wildman–Crippen MR) is 145 cm³/mol. The number of nitrogens with zero attached hydrogens (tertiary/aromatic N) is 3. The highest BCUT2D eigenvalue weighted by Crippen LogP contribution is 2.27. The van der Waals surface area contributed by atoms with Crippen LogP contribution in [0, 0.1) is 12.8 Å². The molecule has 7 nitrogen and oxygen atoms in total. The van der Waals surface area contributed by atoms with Gasteiger partial charge in [0.2, 0.25) is 0 Å². The van der Waals surface area contributed by atoms with Crippen LogP contribution in [0.5, 0.6) is 0 Å². The summed E-state index contributed by atoms with van der Waals surface area (Å²) < 4.78 is 3.72. The third-order valence-corrected chi connectivity index (χ3v) is 7.57. The first-order chi connectivity index (χ1) is 17.9. The van der Waals surface area contributed by atoms with Gasteiger partial charge in [0.15, 0.2) is 0 Å². The lowest BCUT2D eigenvalue weighted by Gasteiger charge is -2.29. The summed E-state index contributed by atoms with van der Waals surface area (Å²) in [5, 5.41) is 13.1. The molecule has 0 saturated heterocycles. The number of benzene rings is 2. The van der Waals surface area contributed by atoms with Crippen LogP contribution in [0.1, 0.15) is 52.9 Å². The summed E-state index contributed by atoms with van der Waals surface area (Å²) in [6, 6.07) is 17.4. The molecule has 5 rings (SSSR count). The van der Waals surface area contributed by atoms with Crippen molar-refractivity contribution in [1.29, 1.82) is 0 Å². The summed E-state index contributed by atoms with van der Waals surface area (Å²) in [5.41, 5.74) is 4.82. The number of pyridine rings is 1. The van der Waals surface area contributed by atoms with Crippen LogP contribution in [0.15, 0.2) is 65.6 Å². The first kappa shape index (κ1) is 25.2. The van der Waals surface area contributed by atoms with Gasteiger partial charge in [-0.1, -0.05) is 48.0 Å². The molecule has 4 aromatic rings. The SMILES string of the molecule is Cc1ncc(Cl)cc1C(=O)NC1CCC(Cn2c(=O)n(Cc3cccc(CO)c3)c3ccccc32)CC1. The summed E-state index contributed by atoms with van der Waals surface area (Å²) in [7, 11) is 0. The minimum atomic E-state index is -0.138. The van der Waals surface area contributed by atoms with Gasteiger partial charge in [0.05, 0.1) is 40.5 Å². The average Bonchev–Trinajstić information content (AvgIpc) is 3.17. The van der Waals surface area contributed by atoms with Crippen LogP contribution in [-0.2, 0) is 19.7 Å². The second-order valence-electron chi connectivity index (χ2n) is 9.92. The second kappa shape index (κ2) is 10.9. The van der Waals surface area contributed by atoms with Crippen LogP contribution in [0.4, 0.5) is 0 Å². The molecular weight excluding hydrogens is 488 g/mol. The zero-order chi connectivity index (χ0) is 25.9. The summed E-state index contributed by atoms with van der Waals surface area (Å²) >= 11 is 6.03. The van der Waals surface area contributed by atoms with Gasteiger partial charge in [-0.25, -0.2) is 4.79 Å². The molecule has 1 saturated carbocycles. The Kier molecular flexibility index (Phi) is 7.44. The van der Waals surface area contributed by atoms with E-state index in [1.54, 1.807) is 19.2 Å². The van der Waals surface area contributed by atoms with Gasteiger partial charge < -0.3 is 10.4 Å². The molecule has 8 heteroatoms. The van der Waals surface area contributed by atoms with E-state index in [1.807, 2.05) is 57.7 Å². The molecule has 1 aliphatic carbocycles. The fraction of sp³-hybridized carbons (Fsp3) is 0.345. The van der Waals surface area contributed by atoms with Crippen molar-refractivity contribution in [3.63, 3.8) is 0 Å². The molecule has 0 unspecified atom stereocenters. The monoisotopic (exact) mass is 518 g/mol. The summed E-state index contributed by atoms with van der Waals surface area (Å²) in [6.07, 6.45) is 5.14. The van der Waals surface area contributed by atoms with E-state index in [4.69, 9.17) is 11.6 Å². The maximum absolute atomic E-state index is 13.5. The third kappa shape index (κ3) is 5.48. The van der Waals surface area contributed by atoms with Gasteiger partial charge in [0.25, 0.3) is 5.91 Å². The van der Waals surface area contributed by atoms with E-state index in [0.717, 1.165) is 47.8 Å². The minimum absolute atomic E-state index is 0.0186. The smallest absolute Gasteiger partial charge is 0.329 e. The van der Waals surface area contributed by atoms with Crippen molar-refractivity contribution >= 4 is 28.5 Å². The maximum Gasteiger partial charge on any atom is 0.329 e. The number of nitrogens with one attached hydrogen (secondary N) is 1. The van der Waals surface area contributed by atoms with Crippen LogP contribution in [0.25, 0.3) is 11.0 Å². The highest BCUT2D eigenvalue weighted by Gasteiger charge is 2.25. The Labute approximate surface area is 220 Å². The molecule has 2 heterocycles. The lowest BCUT2D eigenvalue weighted by Crippen LogP contribution is -2.39. The quantitative estimate of drug-likeness (QED) is 0.371. The van der Waals surface area contributed by atoms with Crippen LogP contribution in [0.3, 0.4) is 0 Å². The highest BCUT2D eigenvalue weighted by atomic mass is 35.5. The Bertz CT molecular complexity index is 1480. The Balaban J connectivity index is 1.28. The predicted octanol–water partition coefficient (Wildman–Crippen LogP) is 4.69. The number of hydrogen-bond acceptors (Lipinski definition) is 4. The van der Waals surface area contributed by atoms with Crippen LogP contribution < -0.4 is 11.0 Å². The third-order valence-electron chi connectivity index (χ3n) is 7.36. The molecule has 192 valence electrons. The van der Waals surface area contributed by atoms with Crippen LogP contribution in [0.2, 0.25) is 5.02 Å². The number of carbonyl (C=O) groups excluding carboxylic acids is 1. The molecule has 0 radical (unpaired) electrons. The fourth-order valence-corrected chi connectivity index (χ4v) is 5.52. The summed E-state index contributed by atoms with van der Waals surface area (Å²) in [5.74, 6) is 0.220. The van der Waals surface area contributed by atoms with Crippen molar-refractivity contribution < 1.29 is 9.90 Å². The fourth-order valence-electron chi connectivity index (χ4n) is 5.36. The number of aliphatic hydroxyl groups is 1. The summed E-state index contributed by atoms with van der Waals surface area (Å²) in [6.45, 7) is 2.89. The second-order valence-corrected chi connectivity index (χ2v) is 10.4. The molecule has 1 amide bonds. The van der Waals surface area contributed by atoms with Gasteiger partial charge >= 0.3 is 5.69 Å². The molecule has 1 aliphatic rings. The van der Waals surface area contributed by atoms with Crippen molar-refractivity contribution in [2.24, 2.45) is 5.92 Å². The Morgan fingerprint density at radius 3 is 2.46 bits per heavy atom. The summed E-state index contributed by atoms with van der Waals surface area (Å²) in [4.78, 5) is 30.5. The van der Waals surface area contributed by atoms with E-state index in [2.05, 4.69) is 10.3 Å². The molecule has 2 N–H and O–H groups in total. The minimum Gasteiger partial charge on any atom is -0.392 e. The molecule has 2 aromatic heterocycles. The van der Waals surface area contributed by atoms with Gasteiger partial charge in [0.1, 0.15) is 0 Å². The Morgan fingerprint density at radius 2 is 1.73 bits per heavy atom. The van der Waals surface area contributed by atoms with E-state index in [9.17, 15) is 14.7 Å². The van der Waals surface area contributed by atoms with Crippen molar-refractivity contribution in [2.75, 3.05) is 0 Å². The molecular formula is C29H31ClN4O3. The topological polar surface area (TPSA) is 89.2 Å². The number of amides is 1. The maximum atomic E-state index is 13.5. The van der Waals surface area contributed by atoms with Gasteiger partial charge in [-0.3, -0.25) is 18.9 Å². The van der Waals surface area contributed by atoms with Crippen molar-refractivity contribution in [2.45, 2.75) is 58.3 Å². The number of aromatic nitrogens is 3. The standard InChI is InChI=1S/C29H31ClN4O3/c1-19-25(14-23(30)15-31-19)28(36)32-24-11-9-20(10-12-24)16-33-26-7-2-3-8-27(26)34(29(33)37)17-21-5-4-6-22(13-21)18-35/h2-8,13-15,20,24,35H,9-12,16-18H2,1H3,(H,32,36). The lowest BCUT2D eigenvalue weighted by atomic mass is 9.85. The number of carbonyl (C=O) groups is 1. The van der Waals surface area contributed by atoms with E-state index < -0.39 is 0 Å². The van der Waals surface area contributed by atoms with E-state index in [-0.39, 0.29) is 24.2 Å². The number of hydrogen-bond donors (Lipinski definition) is 2. The number of rotatable bonds is 7. The molecule has 2 aromatic carbocycles. The molecule has 0 atom stereocenters. The van der Waals surface area contributed by atoms with Crippen LogP contribution >= 0.6 is 11.6 Å². The van der Waals surface area contributed by atoms with Crippen molar-refractivity contribution in [1.82, 2.24) is 19.4 Å². The molecule has 0 spiro atoms. The number of aliphatic hydroxyl groups excluding tert-OH is 1. The van der Waals surface area contributed by atoms with E-state index in [1.165, 1.54) is 0 Å². The van der Waals surface area contributed by atoms with Gasteiger partial charge in [-0.15, -0.1) is 0 Å². The van der Waals surface area contributed by atoms with E-state index in [0.29, 0.717) is 35.3 Å². The number of para-hydroxylation sites is 2. The molecule has 0 bridgehead atoms. The Morgan fingerprint density at radius 1 is 1.03 bits per heavy atom. The van der Waals surface area contributed by atoms with Gasteiger partial charge in [-0.05, 0) is 67.9 Å². The molecule has 1 fully saturated rings. The average molecular weight is 519 g/mol. The number of aryl methyl sites for hydroxylation is 1. The van der Waals surface area contributed by atoms with Gasteiger partial charge in [-0.2, -0.15) is 0 Å². The number of fused-ring (bicyclic) bond motifs is 1. The number of imidazole rings is 1. The normalized spacial score (nSPS) is 17.7. The number of halogens is 1. The van der Waals surface area contributed by atoms with Crippen molar-refractivity contribution in [3.8, 4) is 0 Å². The first-order valence-corrected chi connectivity index (χ1v) is 13.1. The Hall–Kier alpha value is -3.42. The lowest BCUT2D eigenvalue weighted by molar-refractivity contribution is 0.0919. The molecule has 37 heavy (non-hydrogen) atoms. The van der Waals surface area contributed by atoms with Crippen LogP contribution in [-0.4, -0.2) is 31.2 Å². The van der Waals surface area contributed by atoms with E-state index >= 15 is 0 Å². The largest absolute Gasteiger partial charge is 0.392 e. The van der Waals surface area contributed by atoms with Gasteiger partial charge in [0, 0.05) is 18.8 Å². The highest BCUT2D eigenvalue weighted by molar-refractivity contribution is 6.30. The zero-order valence-electron chi connectivity index (χ0n) is 20.9. The molecule has 0 aliphatic heterocycles. The zero-order valence-corrected chi connectivity index (χ0v) is 21.6.